The first-order chi connectivity index (χ1) is 9.45. The third-order valence-electron chi connectivity index (χ3n) is 3.47. The number of hydrogen-bond donors (Lipinski definition) is 0. The van der Waals surface area contributed by atoms with Crippen LogP contribution in [-0.2, 0) is 10.9 Å². The zero-order valence-electron chi connectivity index (χ0n) is 11.1. The zero-order valence-corrected chi connectivity index (χ0v) is 11.9. The molecule has 0 aromatic heterocycles. The number of benzene rings is 2. The van der Waals surface area contributed by atoms with Crippen LogP contribution >= 0.6 is 0 Å². The van der Waals surface area contributed by atoms with Gasteiger partial charge >= 0.3 is 0 Å². The molecule has 0 bridgehead atoms. The Balaban J connectivity index is 2.03. The van der Waals surface area contributed by atoms with Gasteiger partial charge in [0.25, 0.3) is 0 Å². The van der Waals surface area contributed by atoms with Gasteiger partial charge in [-0.2, -0.15) is 0 Å². The summed E-state index contributed by atoms with van der Waals surface area (Å²) in [6.07, 6.45) is 7.68. The van der Waals surface area contributed by atoms with E-state index in [2.05, 4.69) is 66.7 Å². The molecule has 0 radical (unpaired) electrons. The normalized spacial score (nSPS) is 15.3. The summed E-state index contributed by atoms with van der Waals surface area (Å²) in [5.74, 6) is 0. The molecule has 1 heteroatoms. The standard InChI is InChI=1S/C18H19S/c1-4-10-16(11-5-1)19(17-12-6-2-7-13-17)18-14-8-3-9-15-18/h1-2,4-7,10-14H,3,8-9,15H2/q+1. The van der Waals surface area contributed by atoms with Gasteiger partial charge in [-0.3, -0.25) is 0 Å². The number of allylic oxidation sites excluding steroid dienone is 2. The molecule has 2 aromatic rings. The molecule has 0 nitrogen and oxygen atoms in total. The van der Waals surface area contributed by atoms with E-state index in [0.29, 0.717) is 0 Å². The third-order valence-corrected chi connectivity index (χ3v) is 5.85. The highest BCUT2D eigenvalue weighted by molar-refractivity contribution is 8.00. The highest BCUT2D eigenvalue weighted by Gasteiger charge is 2.30. The van der Waals surface area contributed by atoms with Gasteiger partial charge in [0.2, 0.25) is 0 Å². The first-order valence-electron chi connectivity index (χ1n) is 6.98. The van der Waals surface area contributed by atoms with Crippen molar-refractivity contribution in [2.75, 3.05) is 0 Å². The second-order valence-electron chi connectivity index (χ2n) is 4.85. The summed E-state index contributed by atoms with van der Waals surface area (Å²) in [7, 11) is 0.123. The third kappa shape index (κ3) is 2.93. The fourth-order valence-electron chi connectivity index (χ4n) is 2.55. The van der Waals surface area contributed by atoms with Crippen LogP contribution in [0.15, 0.2) is 81.4 Å². The minimum atomic E-state index is 0.123. The molecule has 3 rings (SSSR count). The summed E-state index contributed by atoms with van der Waals surface area (Å²) < 4.78 is 0. The molecular formula is C18H19S+. The van der Waals surface area contributed by atoms with Gasteiger partial charge in [-0.25, -0.2) is 0 Å². The molecule has 0 N–H and O–H groups in total. The van der Waals surface area contributed by atoms with Crippen LogP contribution < -0.4 is 0 Å². The van der Waals surface area contributed by atoms with Crippen molar-refractivity contribution in [2.45, 2.75) is 35.5 Å². The Kier molecular flexibility index (Phi) is 4.04. The van der Waals surface area contributed by atoms with Crippen LogP contribution in [0.5, 0.6) is 0 Å². The topological polar surface area (TPSA) is 0 Å². The monoisotopic (exact) mass is 267 g/mol. The highest BCUT2D eigenvalue weighted by atomic mass is 32.2. The maximum absolute atomic E-state index is 2.48. The van der Waals surface area contributed by atoms with E-state index >= 15 is 0 Å². The molecule has 2 aromatic carbocycles. The van der Waals surface area contributed by atoms with Crippen LogP contribution in [0.3, 0.4) is 0 Å². The Morgan fingerprint density at radius 2 is 1.26 bits per heavy atom. The van der Waals surface area contributed by atoms with Gasteiger partial charge in [-0.05, 0) is 49.6 Å². The van der Waals surface area contributed by atoms with Gasteiger partial charge in [0.05, 0.1) is 10.9 Å². The molecule has 0 saturated heterocycles. The molecule has 0 heterocycles. The van der Waals surface area contributed by atoms with Crippen molar-refractivity contribution in [3.8, 4) is 0 Å². The minimum Gasteiger partial charge on any atom is -0.0619 e. The van der Waals surface area contributed by atoms with Gasteiger partial charge in [-0.1, -0.05) is 36.4 Å². The minimum absolute atomic E-state index is 0.123. The van der Waals surface area contributed by atoms with Crippen molar-refractivity contribution in [3.63, 3.8) is 0 Å². The zero-order chi connectivity index (χ0) is 12.9. The van der Waals surface area contributed by atoms with Crippen molar-refractivity contribution in [3.05, 3.63) is 71.6 Å². The summed E-state index contributed by atoms with van der Waals surface area (Å²) in [5, 5.41) is 0. The Labute approximate surface area is 118 Å². The second-order valence-corrected chi connectivity index (χ2v) is 6.93. The van der Waals surface area contributed by atoms with Crippen LogP contribution in [0.4, 0.5) is 0 Å². The lowest BCUT2D eigenvalue weighted by molar-refractivity contribution is 0.722. The largest absolute Gasteiger partial charge is 0.166 e. The van der Waals surface area contributed by atoms with Crippen molar-refractivity contribution >= 4 is 10.9 Å². The van der Waals surface area contributed by atoms with Crippen molar-refractivity contribution in [2.24, 2.45) is 0 Å². The van der Waals surface area contributed by atoms with E-state index in [1.807, 2.05) is 0 Å². The molecule has 1 aliphatic rings. The predicted molar refractivity (Wildman–Crippen MR) is 83.3 cm³/mol. The first-order valence-corrected chi connectivity index (χ1v) is 8.21. The lowest BCUT2D eigenvalue weighted by Crippen LogP contribution is -2.09. The van der Waals surface area contributed by atoms with E-state index in [4.69, 9.17) is 0 Å². The Bertz CT molecular complexity index is 503. The highest BCUT2D eigenvalue weighted by Crippen LogP contribution is 2.35. The summed E-state index contributed by atoms with van der Waals surface area (Å²) in [6, 6.07) is 21.9. The summed E-state index contributed by atoms with van der Waals surface area (Å²) >= 11 is 0. The summed E-state index contributed by atoms with van der Waals surface area (Å²) in [5.41, 5.74) is 0. The van der Waals surface area contributed by atoms with E-state index in [1.165, 1.54) is 35.5 Å². The summed E-state index contributed by atoms with van der Waals surface area (Å²) in [6.45, 7) is 0. The first kappa shape index (κ1) is 12.6. The van der Waals surface area contributed by atoms with Crippen LogP contribution in [0.2, 0.25) is 0 Å². The van der Waals surface area contributed by atoms with Crippen molar-refractivity contribution < 1.29 is 0 Å². The molecule has 96 valence electrons. The van der Waals surface area contributed by atoms with Crippen LogP contribution in [0.25, 0.3) is 0 Å². The van der Waals surface area contributed by atoms with E-state index in [0.717, 1.165) is 0 Å². The molecule has 0 amide bonds. The van der Waals surface area contributed by atoms with E-state index in [-0.39, 0.29) is 10.9 Å². The molecular weight excluding hydrogens is 248 g/mol. The van der Waals surface area contributed by atoms with Crippen LogP contribution in [0.1, 0.15) is 25.7 Å². The molecule has 0 saturated carbocycles. The van der Waals surface area contributed by atoms with E-state index in [1.54, 1.807) is 4.91 Å². The van der Waals surface area contributed by atoms with Crippen molar-refractivity contribution in [1.29, 1.82) is 0 Å². The second kappa shape index (κ2) is 6.12. The molecule has 0 spiro atoms. The quantitative estimate of drug-likeness (QED) is 0.672. The number of rotatable bonds is 3. The molecule has 0 unspecified atom stereocenters. The maximum atomic E-state index is 2.48. The SMILES string of the molecule is C1=C([S+](c2ccccc2)c2ccccc2)CCCC1. The fraction of sp³-hybridized carbons (Fsp3) is 0.222. The Hall–Kier alpha value is -1.47. The molecule has 19 heavy (non-hydrogen) atoms. The average molecular weight is 267 g/mol. The molecule has 0 fully saturated rings. The van der Waals surface area contributed by atoms with Gasteiger partial charge in [0.1, 0.15) is 4.91 Å². The van der Waals surface area contributed by atoms with Crippen LogP contribution in [-0.4, -0.2) is 0 Å². The number of hydrogen-bond acceptors (Lipinski definition) is 0. The molecule has 0 aliphatic heterocycles. The lowest BCUT2D eigenvalue weighted by atomic mass is 10.1. The van der Waals surface area contributed by atoms with Crippen LogP contribution in [0, 0.1) is 0 Å². The smallest absolute Gasteiger partial charge is 0.0619 e. The fourth-order valence-corrected chi connectivity index (χ4v) is 4.92. The van der Waals surface area contributed by atoms with E-state index in [9.17, 15) is 0 Å². The van der Waals surface area contributed by atoms with Gasteiger partial charge in [0, 0.05) is 6.42 Å². The van der Waals surface area contributed by atoms with Crippen molar-refractivity contribution in [1.82, 2.24) is 0 Å². The Morgan fingerprint density at radius 3 is 1.74 bits per heavy atom. The molecule has 0 atom stereocenters. The summed E-state index contributed by atoms with van der Waals surface area (Å²) in [4.78, 5) is 4.52. The predicted octanol–water partition coefficient (Wildman–Crippen LogP) is 5.18. The van der Waals surface area contributed by atoms with Gasteiger partial charge in [-0.15, -0.1) is 0 Å². The van der Waals surface area contributed by atoms with Gasteiger partial charge in [0.15, 0.2) is 9.79 Å². The molecule has 1 aliphatic carbocycles. The maximum Gasteiger partial charge on any atom is 0.166 e. The van der Waals surface area contributed by atoms with Gasteiger partial charge < -0.3 is 0 Å². The Morgan fingerprint density at radius 1 is 0.684 bits per heavy atom. The lowest BCUT2D eigenvalue weighted by Gasteiger charge is -2.14. The van der Waals surface area contributed by atoms with E-state index < -0.39 is 0 Å². The average Bonchev–Trinajstić information content (AvgIpc) is 2.51.